The van der Waals surface area contributed by atoms with Crippen molar-refractivity contribution in [3.05, 3.63) is 0 Å². The van der Waals surface area contributed by atoms with E-state index in [0.717, 1.165) is 19.3 Å². The Morgan fingerprint density at radius 3 is 1.40 bits per heavy atom. The minimum atomic E-state index is -0.713. The highest BCUT2D eigenvalue weighted by Gasteiger charge is 2.50. The molecule has 0 aliphatic heterocycles. The summed E-state index contributed by atoms with van der Waals surface area (Å²) in [5.74, 6) is -0.695. The lowest BCUT2D eigenvalue weighted by atomic mass is 9.94. The van der Waals surface area contributed by atoms with Crippen molar-refractivity contribution in [2.75, 3.05) is 0 Å². The maximum absolute atomic E-state index is 11.5. The molecular weight excluding hydrogens is 653 g/mol. The van der Waals surface area contributed by atoms with Gasteiger partial charge < -0.3 is 5.11 Å². The Morgan fingerprint density at radius 2 is 1.08 bits per heavy atom. The van der Waals surface area contributed by atoms with Crippen LogP contribution in [0.5, 0.6) is 0 Å². The van der Waals surface area contributed by atoms with Gasteiger partial charge in [-0.3, -0.25) is 0 Å². The highest BCUT2D eigenvalue weighted by molar-refractivity contribution is 14.2. The van der Waals surface area contributed by atoms with Gasteiger partial charge in [0.05, 0.1) is 3.42 Å². The number of carboxylic acids is 1. The molecule has 0 spiro atoms. The highest BCUT2D eigenvalue weighted by atomic mass is 127. The molecule has 0 aromatic carbocycles. The number of aliphatic carboxylic acids is 1. The molecular formula is C20H37I3O2. The van der Waals surface area contributed by atoms with Gasteiger partial charge in [-0.2, -0.15) is 0 Å². The lowest BCUT2D eigenvalue weighted by Crippen LogP contribution is -2.45. The van der Waals surface area contributed by atoms with E-state index in [1.54, 1.807) is 0 Å². The Kier molecular flexibility index (Phi) is 16.6. The van der Waals surface area contributed by atoms with E-state index in [1.807, 2.05) is 0 Å². The van der Waals surface area contributed by atoms with Crippen molar-refractivity contribution in [2.45, 2.75) is 115 Å². The zero-order chi connectivity index (χ0) is 19.2. The monoisotopic (exact) mass is 690 g/mol. The minimum Gasteiger partial charge on any atom is -0.480 e. The summed E-state index contributed by atoms with van der Waals surface area (Å²) in [5.41, 5.74) is 0. The molecule has 1 unspecified atom stereocenters. The molecule has 150 valence electrons. The van der Waals surface area contributed by atoms with E-state index in [-0.39, 0.29) is 3.42 Å². The third kappa shape index (κ3) is 11.3. The van der Waals surface area contributed by atoms with E-state index >= 15 is 0 Å². The van der Waals surface area contributed by atoms with Crippen LogP contribution in [0.2, 0.25) is 0 Å². The summed E-state index contributed by atoms with van der Waals surface area (Å²) in [6.45, 7) is 4.39. The maximum Gasteiger partial charge on any atom is 0.331 e. The Morgan fingerprint density at radius 1 is 0.720 bits per heavy atom. The fourth-order valence-corrected chi connectivity index (χ4v) is 5.08. The second-order valence-electron chi connectivity index (χ2n) is 7.19. The first kappa shape index (κ1) is 26.7. The maximum atomic E-state index is 11.5. The summed E-state index contributed by atoms with van der Waals surface area (Å²) in [4.78, 5) is 11.5. The molecule has 0 aromatic heterocycles. The number of carbonyl (C=O) groups is 1. The second kappa shape index (κ2) is 15.6. The standard InChI is InChI=1S/C20H37I3O2/c1-3-5-6-7-8-9-10-11-12-13-14-15-16-17-19(21,4-2)20(22,23)18(24)25/h3-17H2,1-2H3,(H,24,25). The predicted octanol–water partition coefficient (Wildman–Crippen LogP) is 8.70. The number of rotatable bonds is 17. The van der Waals surface area contributed by atoms with E-state index in [1.165, 1.54) is 77.0 Å². The van der Waals surface area contributed by atoms with Gasteiger partial charge in [0.25, 0.3) is 0 Å². The van der Waals surface area contributed by atoms with E-state index in [2.05, 4.69) is 81.6 Å². The van der Waals surface area contributed by atoms with Gasteiger partial charge in [-0.15, -0.1) is 0 Å². The second-order valence-corrected chi connectivity index (χ2v) is 14.6. The van der Waals surface area contributed by atoms with E-state index in [0.29, 0.717) is 0 Å². The molecule has 1 N–H and O–H groups in total. The van der Waals surface area contributed by atoms with Crippen LogP contribution in [0.1, 0.15) is 110 Å². The summed E-state index contributed by atoms with van der Waals surface area (Å²) in [5, 5.41) is 9.49. The van der Waals surface area contributed by atoms with Crippen molar-refractivity contribution in [2.24, 2.45) is 0 Å². The van der Waals surface area contributed by atoms with Gasteiger partial charge >= 0.3 is 5.97 Å². The fourth-order valence-electron chi connectivity index (χ4n) is 3.17. The van der Waals surface area contributed by atoms with Crippen LogP contribution in [0.3, 0.4) is 0 Å². The Hall–Kier alpha value is 1.66. The third-order valence-electron chi connectivity index (χ3n) is 5.07. The number of hydrogen-bond acceptors (Lipinski definition) is 1. The average molecular weight is 690 g/mol. The van der Waals surface area contributed by atoms with Crippen LogP contribution in [0.15, 0.2) is 0 Å². The number of halogens is 3. The van der Waals surface area contributed by atoms with Crippen LogP contribution in [0.25, 0.3) is 0 Å². The van der Waals surface area contributed by atoms with Crippen LogP contribution >= 0.6 is 67.8 Å². The molecule has 1 atom stereocenters. The molecule has 0 fully saturated rings. The first-order valence-corrected chi connectivity index (χ1v) is 13.4. The van der Waals surface area contributed by atoms with Gasteiger partial charge in [0.15, 0.2) is 1.43 Å². The molecule has 0 amide bonds. The number of alkyl halides is 3. The van der Waals surface area contributed by atoms with Gasteiger partial charge in [0.1, 0.15) is 0 Å². The fraction of sp³-hybridized carbons (Fsp3) is 0.950. The molecule has 0 aliphatic rings. The van der Waals surface area contributed by atoms with Crippen LogP contribution in [-0.2, 0) is 4.79 Å². The van der Waals surface area contributed by atoms with Crippen molar-refractivity contribution >= 4 is 73.7 Å². The topological polar surface area (TPSA) is 37.3 Å². The third-order valence-corrected chi connectivity index (χ3v) is 12.2. The van der Waals surface area contributed by atoms with Gasteiger partial charge in [-0.25, -0.2) is 4.79 Å². The van der Waals surface area contributed by atoms with Crippen LogP contribution < -0.4 is 0 Å². The Labute approximate surface area is 196 Å². The number of unbranched alkanes of at least 4 members (excludes halogenated alkanes) is 12. The van der Waals surface area contributed by atoms with Gasteiger partial charge in [-0.1, -0.05) is 165 Å². The van der Waals surface area contributed by atoms with Crippen molar-refractivity contribution in [3.63, 3.8) is 0 Å². The van der Waals surface area contributed by atoms with E-state index in [4.69, 9.17) is 0 Å². The van der Waals surface area contributed by atoms with Crippen molar-refractivity contribution in [1.82, 2.24) is 0 Å². The number of carboxylic acid groups (broad SMARTS) is 1. The van der Waals surface area contributed by atoms with Crippen molar-refractivity contribution in [3.8, 4) is 0 Å². The molecule has 0 radical (unpaired) electrons. The van der Waals surface area contributed by atoms with Crippen molar-refractivity contribution < 1.29 is 9.90 Å². The lowest BCUT2D eigenvalue weighted by Gasteiger charge is -2.36. The molecule has 25 heavy (non-hydrogen) atoms. The summed E-state index contributed by atoms with van der Waals surface area (Å²) in [7, 11) is 0. The van der Waals surface area contributed by atoms with Crippen LogP contribution in [-0.4, -0.2) is 15.9 Å². The largest absolute Gasteiger partial charge is 0.480 e. The molecule has 0 saturated carbocycles. The quantitative estimate of drug-likeness (QED) is 0.0943. The molecule has 0 bridgehead atoms. The molecule has 0 heterocycles. The smallest absolute Gasteiger partial charge is 0.331 e. The van der Waals surface area contributed by atoms with E-state index < -0.39 is 7.40 Å². The SMILES string of the molecule is CCCCCCCCCCCCCCCC(I)(CC)C(I)(I)C(=O)O. The molecule has 0 aromatic rings. The Bertz CT molecular complexity index is 348. The molecule has 0 saturated heterocycles. The summed E-state index contributed by atoms with van der Waals surface area (Å²) < 4.78 is -0.871. The summed E-state index contributed by atoms with van der Waals surface area (Å²) in [6, 6.07) is 0. The molecule has 2 nitrogen and oxygen atoms in total. The first-order valence-electron chi connectivity index (χ1n) is 10.1. The molecule has 0 aliphatic carbocycles. The van der Waals surface area contributed by atoms with Crippen LogP contribution in [0.4, 0.5) is 0 Å². The van der Waals surface area contributed by atoms with Gasteiger partial charge in [-0.05, 0) is 12.8 Å². The normalized spacial score (nSPS) is 14.4. The Balaban J connectivity index is 3.64. The summed E-state index contributed by atoms with van der Waals surface area (Å²) >= 11 is 6.64. The lowest BCUT2D eigenvalue weighted by molar-refractivity contribution is -0.137. The summed E-state index contributed by atoms with van der Waals surface area (Å²) in [6.07, 6.45) is 19.5. The average Bonchev–Trinajstić information content (AvgIpc) is 2.58. The number of hydrogen-bond donors (Lipinski definition) is 1. The van der Waals surface area contributed by atoms with Gasteiger partial charge in [0.2, 0.25) is 0 Å². The minimum absolute atomic E-state index is 0.157. The zero-order valence-electron chi connectivity index (χ0n) is 16.1. The highest BCUT2D eigenvalue weighted by Crippen LogP contribution is 2.50. The van der Waals surface area contributed by atoms with Crippen molar-refractivity contribution in [1.29, 1.82) is 0 Å². The first-order chi connectivity index (χ1) is 11.8. The van der Waals surface area contributed by atoms with Gasteiger partial charge in [0, 0.05) is 0 Å². The van der Waals surface area contributed by atoms with E-state index in [9.17, 15) is 9.90 Å². The molecule has 0 rings (SSSR count). The predicted molar refractivity (Wildman–Crippen MR) is 136 cm³/mol. The zero-order valence-corrected chi connectivity index (χ0v) is 22.6. The van der Waals surface area contributed by atoms with Crippen LogP contribution in [0, 0.1) is 0 Å². The molecule has 5 heteroatoms.